The topological polar surface area (TPSA) is 119 Å². The molecule has 0 spiro atoms. The van der Waals surface area contributed by atoms with Crippen molar-refractivity contribution in [2.45, 2.75) is 38.6 Å². The first-order valence-electron chi connectivity index (χ1n) is 9.66. The van der Waals surface area contributed by atoms with Gasteiger partial charge in [0.2, 0.25) is 0 Å². The summed E-state index contributed by atoms with van der Waals surface area (Å²) in [6, 6.07) is 5.30. The molecule has 2 aromatic rings. The van der Waals surface area contributed by atoms with Crippen LogP contribution in [-0.2, 0) is 6.42 Å². The van der Waals surface area contributed by atoms with Crippen molar-refractivity contribution in [2.75, 3.05) is 13.2 Å². The number of carbonyl (C=O) groups excluding carboxylic acids is 1. The molecule has 0 saturated carbocycles. The zero-order chi connectivity index (χ0) is 21.0. The highest BCUT2D eigenvalue weighted by Gasteiger charge is 2.25. The predicted molar refractivity (Wildman–Crippen MR) is 115 cm³/mol. The minimum atomic E-state index is -0.389. The smallest absolute Gasteiger partial charge is 0.280 e. The Labute approximate surface area is 174 Å². The zero-order valence-corrected chi connectivity index (χ0v) is 17.4. The van der Waals surface area contributed by atoms with Crippen LogP contribution >= 0.6 is 11.3 Å². The molecule has 29 heavy (non-hydrogen) atoms. The summed E-state index contributed by atoms with van der Waals surface area (Å²) < 4.78 is 5.88. The second-order valence-electron chi connectivity index (χ2n) is 7.49. The number of thiazole rings is 1. The summed E-state index contributed by atoms with van der Waals surface area (Å²) in [4.78, 5) is 18.3. The Hall–Kier alpha value is -2.58. The Morgan fingerprint density at radius 3 is 2.79 bits per heavy atom. The molecule has 4 N–H and O–H groups in total. The number of carbonyl (C=O) groups is 1. The zero-order valence-electron chi connectivity index (χ0n) is 16.6. The molecule has 1 aliphatic heterocycles. The molecule has 1 amide bonds. The molecule has 0 fully saturated rings. The number of benzene rings is 1. The number of ether oxygens (including phenoxy) is 1. The Bertz CT molecular complexity index is 901. The fourth-order valence-corrected chi connectivity index (χ4v) is 4.34. The lowest BCUT2D eigenvalue weighted by atomic mass is 9.98. The summed E-state index contributed by atoms with van der Waals surface area (Å²) in [7, 11) is 0. The summed E-state index contributed by atoms with van der Waals surface area (Å²) in [5.74, 6) is 0.360. The number of hydrogen-bond acceptors (Lipinski definition) is 7. The van der Waals surface area contributed by atoms with Gasteiger partial charge in [-0.25, -0.2) is 4.98 Å². The van der Waals surface area contributed by atoms with Crippen molar-refractivity contribution >= 4 is 29.7 Å². The molecular formula is C21H26N4O3S. The molecule has 154 valence electrons. The van der Waals surface area contributed by atoms with E-state index in [1.165, 1.54) is 23.8 Å². The van der Waals surface area contributed by atoms with Crippen LogP contribution in [0.1, 0.15) is 46.4 Å². The fourth-order valence-electron chi connectivity index (χ4n) is 3.38. The second kappa shape index (κ2) is 9.28. The first-order chi connectivity index (χ1) is 14.0. The van der Waals surface area contributed by atoms with Crippen LogP contribution in [0.4, 0.5) is 0 Å². The molecule has 0 aliphatic carbocycles. The van der Waals surface area contributed by atoms with Gasteiger partial charge in [-0.2, -0.15) is 0 Å². The third-order valence-corrected chi connectivity index (χ3v) is 5.91. The van der Waals surface area contributed by atoms with Gasteiger partial charge in [0, 0.05) is 29.3 Å². The predicted octanol–water partition coefficient (Wildman–Crippen LogP) is 3.26. The van der Waals surface area contributed by atoms with Gasteiger partial charge in [-0.15, -0.1) is 11.3 Å². The van der Waals surface area contributed by atoms with Crippen molar-refractivity contribution in [3.63, 3.8) is 0 Å². The Morgan fingerprint density at radius 2 is 2.14 bits per heavy atom. The number of hydrogen-bond donors (Lipinski definition) is 4. The minimum Gasteiger partial charge on any atom is -0.492 e. The summed E-state index contributed by atoms with van der Waals surface area (Å²) in [6.45, 7) is 4.47. The van der Waals surface area contributed by atoms with E-state index in [-0.39, 0.29) is 24.5 Å². The van der Waals surface area contributed by atoms with Gasteiger partial charge in [-0.05, 0) is 30.0 Å². The lowest BCUT2D eigenvalue weighted by Gasteiger charge is -2.17. The van der Waals surface area contributed by atoms with E-state index < -0.39 is 0 Å². The third-order valence-electron chi connectivity index (χ3n) is 4.79. The number of amides is 1. The van der Waals surface area contributed by atoms with Crippen molar-refractivity contribution in [1.82, 2.24) is 10.3 Å². The minimum absolute atomic E-state index is 0.102. The van der Waals surface area contributed by atoms with E-state index in [0.717, 1.165) is 21.7 Å². The van der Waals surface area contributed by atoms with E-state index in [4.69, 9.17) is 15.6 Å². The molecule has 3 rings (SSSR count). The van der Waals surface area contributed by atoms with Crippen molar-refractivity contribution in [3.05, 3.63) is 33.6 Å². The number of aliphatic hydroxyl groups is 1. The van der Waals surface area contributed by atoms with Crippen LogP contribution < -0.4 is 10.1 Å². The number of nitrogens with one attached hydrogen (secondary N) is 3. The molecule has 1 unspecified atom stereocenters. The van der Waals surface area contributed by atoms with Gasteiger partial charge in [-0.3, -0.25) is 4.79 Å². The van der Waals surface area contributed by atoms with Gasteiger partial charge in [0.15, 0.2) is 5.01 Å². The fraction of sp³-hybridized carbons (Fsp3) is 0.429. The van der Waals surface area contributed by atoms with Crippen molar-refractivity contribution in [2.24, 2.45) is 5.92 Å². The van der Waals surface area contributed by atoms with Gasteiger partial charge in [0.1, 0.15) is 5.75 Å². The van der Waals surface area contributed by atoms with Crippen molar-refractivity contribution in [3.8, 4) is 17.0 Å². The van der Waals surface area contributed by atoms with E-state index in [1.54, 1.807) is 0 Å². The van der Waals surface area contributed by atoms with Gasteiger partial charge >= 0.3 is 0 Å². The van der Waals surface area contributed by atoms with Crippen molar-refractivity contribution in [1.29, 1.82) is 10.8 Å². The Morgan fingerprint density at radius 1 is 1.38 bits per heavy atom. The molecular weight excluding hydrogens is 388 g/mol. The number of fused-ring (bicyclic) bond motifs is 3. The van der Waals surface area contributed by atoms with E-state index in [9.17, 15) is 9.90 Å². The Kier molecular flexibility index (Phi) is 6.76. The summed E-state index contributed by atoms with van der Waals surface area (Å²) >= 11 is 1.35. The second-order valence-corrected chi connectivity index (χ2v) is 8.57. The van der Waals surface area contributed by atoms with Crippen LogP contribution in [0.15, 0.2) is 18.2 Å². The summed E-state index contributed by atoms with van der Waals surface area (Å²) in [5.41, 5.74) is 2.36. The molecule has 1 atom stereocenters. The van der Waals surface area contributed by atoms with Gasteiger partial charge < -0.3 is 26.0 Å². The maximum absolute atomic E-state index is 12.7. The molecule has 0 bridgehead atoms. The average molecular weight is 415 g/mol. The number of aromatic nitrogens is 1. The third kappa shape index (κ3) is 4.71. The van der Waals surface area contributed by atoms with E-state index in [2.05, 4.69) is 10.3 Å². The number of rotatable bonds is 8. The molecule has 1 aromatic carbocycles. The van der Waals surface area contributed by atoms with Gasteiger partial charge in [-0.1, -0.05) is 19.9 Å². The molecule has 8 heteroatoms. The molecule has 1 aromatic heterocycles. The van der Waals surface area contributed by atoms with Crippen molar-refractivity contribution < 1.29 is 14.6 Å². The highest BCUT2D eigenvalue weighted by molar-refractivity contribution is 7.14. The molecule has 2 heterocycles. The maximum Gasteiger partial charge on any atom is 0.280 e. The van der Waals surface area contributed by atoms with Gasteiger partial charge in [0.05, 0.1) is 30.9 Å². The monoisotopic (exact) mass is 414 g/mol. The highest BCUT2D eigenvalue weighted by atomic mass is 32.1. The normalized spacial score (nSPS) is 14.8. The SMILES string of the molecule is CC(C)CC(CO)NC(=O)c1nc2c(s1)CCOc1cc(C(C=N)C=N)ccc1-2. The standard InChI is InChI=1S/C21H26N4O3S/c1-12(2)7-15(11-26)24-20(27)21-25-19-16-4-3-13(14(9-22)10-23)8-17(16)28-6-5-18(19)29-21/h3-4,8-10,12,14-15,22-23,26H,5-7,11H2,1-2H3,(H,24,27). The molecule has 0 radical (unpaired) electrons. The molecule has 7 nitrogen and oxygen atoms in total. The summed E-state index contributed by atoms with van der Waals surface area (Å²) in [5, 5.41) is 27.7. The lowest BCUT2D eigenvalue weighted by molar-refractivity contribution is 0.0908. The molecule has 0 saturated heterocycles. The van der Waals surface area contributed by atoms with E-state index in [0.29, 0.717) is 36.1 Å². The average Bonchev–Trinajstić information content (AvgIpc) is 3.05. The first kappa shape index (κ1) is 21.1. The van der Waals surface area contributed by atoms with Crippen LogP contribution in [0.3, 0.4) is 0 Å². The van der Waals surface area contributed by atoms with Crippen LogP contribution in [0.25, 0.3) is 11.3 Å². The van der Waals surface area contributed by atoms with Crippen LogP contribution in [0.5, 0.6) is 5.75 Å². The number of aliphatic hydroxyl groups excluding tert-OH is 1. The van der Waals surface area contributed by atoms with Crippen LogP contribution in [-0.4, -0.2) is 47.7 Å². The van der Waals surface area contributed by atoms with Crippen LogP contribution in [0.2, 0.25) is 0 Å². The highest BCUT2D eigenvalue weighted by Crippen LogP contribution is 2.38. The first-order valence-corrected chi connectivity index (χ1v) is 10.5. The van der Waals surface area contributed by atoms with Gasteiger partial charge in [0.25, 0.3) is 5.91 Å². The van der Waals surface area contributed by atoms with E-state index >= 15 is 0 Å². The number of nitrogens with zero attached hydrogens (tertiary/aromatic N) is 1. The van der Waals surface area contributed by atoms with E-state index in [1.807, 2.05) is 32.0 Å². The Balaban J connectivity index is 1.89. The quantitative estimate of drug-likeness (QED) is 0.496. The lowest BCUT2D eigenvalue weighted by Crippen LogP contribution is -2.38. The van der Waals surface area contributed by atoms with Crippen LogP contribution in [0, 0.1) is 16.7 Å². The maximum atomic E-state index is 12.7. The molecule has 1 aliphatic rings. The summed E-state index contributed by atoms with van der Waals surface area (Å²) in [6.07, 6.45) is 3.79. The largest absolute Gasteiger partial charge is 0.492 e.